The number of aryl methyl sites for hydroxylation is 2. The van der Waals surface area contributed by atoms with Gasteiger partial charge in [-0.3, -0.25) is 0 Å². The fraction of sp³-hybridized carbons (Fsp3) is 0.500. The summed E-state index contributed by atoms with van der Waals surface area (Å²) >= 11 is 3.73. The van der Waals surface area contributed by atoms with Gasteiger partial charge in [-0.05, 0) is 49.9 Å². The number of hydrogen-bond acceptors (Lipinski definition) is 6. The molecule has 3 heterocycles. The standard InChI is InChI=1S/C24H30N4S2/c1-2-27-14-16-28(17-15-27)13-12-21-25-23(29-18-8-4-3-5-9-18)22-19-10-6-7-11-20(19)30-24(22)26-21/h3-5,8-9H,2,6-7,10-17H2,1H3. The van der Waals surface area contributed by atoms with Gasteiger partial charge in [0.1, 0.15) is 15.7 Å². The van der Waals surface area contributed by atoms with E-state index in [0.29, 0.717) is 0 Å². The molecule has 0 amide bonds. The van der Waals surface area contributed by atoms with Crippen molar-refractivity contribution >= 4 is 33.3 Å². The average molecular weight is 439 g/mol. The third-order valence-electron chi connectivity index (χ3n) is 6.35. The molecule has 5 rings (SSSR count). The molecule has 1 fully saturated rings. The van der Waals surface area contributed by atoms with Crippen molar-refractivity contribution in [2.24, 2.45) is 0 Å². The van der Waals surface area contributed by atoms with Crippen molar-refractivity contribution in [3.05, 3.63) is 46.6 Å². The fourth-order valence-electron chi connectivity index (χ4n) is 4.54. The smallest absolute Gasteiger partial charge is 0.132 e. The zero-order valence-corrected chi connectivity index (χ0v) is 19.4. The number of aromatic nitrogens is 2. The van der Waals surface area contributed by atoms with Crippen LogP contribution < -0.4 is 0 Å². The zero-order chi connectivity index (χ0) is 20.3. The lowest BCUT2D eigenvalue weighted by atomic mass is 9.97. The third kappa shape index (κ3) is 4.42. The highest BCUT2D eigenvalue weighted by Gasteiger charge is 2.22. The minimum Gasteiger partial charge on any atom is -0.301 e. The van der Waals surface area contributed by atoms with Crippen LogP contribution in [-0.2, 0) is 19.3 Å². The Morgan fingerprint density at radius 3 is 2.53 bits per heavy atom. The molecule has 2 aliphatic rings. The first-order valence-electron chi connectivity index (χ1n) is 11.3. The Balaban J connectivity index is 1.41. The van der Waals surface area contributed by atoms with Gasteiger partial charge < -0.3 is 9.80 Å². The van der Waals surface area contributed by atoms with Crippen molar-refractivity contribution < 1.29 is 0 Å². The number of thiophene rings is 1. The lowest BCUT2D eigenvalue weighted by Crippen LogP contribution is -2.46. The van der Waals surface area contributed by atoms with Crippen LogP contribution in [0.5, 0.6) is 0 Å². The monoisotopic (exact) mass is 438 g/mol. The maximum absolute atomic E-state index is 5.11. The molecule has 3 aromatic rings. The van der Waals surface area contributed by atoms with Gasteiger partial charge in [-0.2, -0.15) is 0 Å². The van der Waals surface area contributed by atoms with Gasteiger partial charge in [0.05, 0.1) is 0 Å². The zero-order valence-electron chi connectivity index (χ0n) is 17.8. The highest BCUT2D eigenvalue weighted by Crippen LogP contribution is 2.41. The van der Waals surface area contributed by atoms with Crippen molar-refractivity contribution in [3.63, 3.8) is 0 Å². The first-order chi connectivity index (χ1) is 14.8. The van der Waals surface area contributed by atoms with Gasteiger partial charge in [-0.15, -0.1) is 11.3 Å². The highest BCUT2D eigenvalue weighted by molar-refractivity contribution is 7.99. The highest BCUT2D eigenvalue weighted by atomic mass is 32.2. The van der Waals surface area contributed by atoms with E-state index < -0.39 is 0 Å². The minimum absolute atomic E-state index is 0.937. The molecule has 4 nitrogen and oxygen atoms in total. The number of piperazine rings is 1. The van der Waals surface area contributed by atoms with Gasteiger partial charge in [0.2, 0.25) is 0 Å². The molecule has 0 N–H and O–H groups in total. The summed E-state index contributed by atoms with van der Waals surface area (Å²) in [5, 5.41) is 2.50. The summed E-state index contributed by atoms with van der Waals surface area (Å²) in [6.07, 6.45) is 5.93. The average Bonchev–Trinajstić information content (AvgIpc) is 3.17. The van der Waals surface area contributed by atoms with Gasteiger partial charge >= 0.3 is 0 Å². The molecule has 6 heteroatoms. The van der Waals surface area contributed by atoms with E-state index >= 15 is 0 Å². The Labute approximate surface area is 187 Å². The van der Waals surface area contributed by atoms with Gasteiger partial charge in [-0.25, -0.2) is 9.97 Å². The number of benzene rings is 1. The first-order valence-corrected chi connectivity index (χ1v) is 12.9. The first kappa shape index (κ1) is 20.4. The van der Waals surface area contributed by atoms with Crippen molar-refractivity contribution in [2.75, 3.05) is 39.3 Å². The number of nitrogens with zero attached hydrogens (tertiary/aromatic N) is 4. The number of hydrogen-bond donors (Lipinski definition) is 0. The quantitative estimate of drug-likeness (QED) is 0.511. The van der Waals surface area contributed by atoms with E-state index in [0.717, 1.165) is 43.5 Å². The van der Waals surface area contributed by atoms with Crippen LogP contribution in [0.2, 0.25) is 0 Å². The fourth-order valence-corrected chi connectivity index (χ4v) is 6.87. The predicted octanol–water partition coefficient (Wildman–Crippen LogP) is 4.90. The summed E-state index contributed by atoms with van der Waals surface area (Å²) < 4.78 is 0. The number of fused-ring (bicyclic) bond motifs is 3. The molecule has 0 spiro atoms. The molecule has 1 saturated heterocycles. The maximum atomic E-state index is 5.11. The molecule has 158 valence electrons. The molecule has 0 unspecified atom stereocenters. The van der Waals surface area contributed by atoms with E-state index in [-0.39, 0.29) is 0 Å². The summed E-state index contributed by atoms with van der Waals surface area (Å²) in [6, 6.07) is 10.7. The molecule has 0 bridgehead atoms. The van der Waals surface area contributed by atoms with Gasteiger partial charge in [0.15, 0.2) is 0 Å². The number of rotatable bonds is 6. The third-order valence-corrected chi connectivity index (χ3v) is 8.53. The van der Waals surface area contributed by atoms with Crippen LogP contribution in [-0.4, -0.2) is 59.0 Å². The van der Waals surface area contributed by atoms with E-state index in [1.807, 2.05) is 23.1 Å². The van der Waals surface area contributed by atoms with Crippen LogP contribution in [0.4, 0.5) is 0 Å². The summed E-state index contributed by atoms with van der Waals surface area (Å²) in [4.78, 5) is 19.3. The van der Waals surface area contributed by atoms with E-state index in [1.54, 1.807) is 4.88 Å². The Kier molecular flexibility index (Phi) is 6.37. The molecule has 0 radical (unpaired) electrons. The largest absolute Gasteiger partial charge is 0.301 e. The van der Waals surface area contributed by atoms with E-state index in [9.17, 15) is 0 Å². The van der Waals surface area contributed by atoms with Crippen LogP contribution in [0.1, 0.15) is 36.0 Å². The molecular weight excluding hydrogens is 408 g/mol. The van der Waals surface area contributed by atoms with Crippen molar-refractivity contribution in [1.82, 2.24) is 19.8 Å². The maximum Gasteiger partial charge on any atom is 0.132 e. The van der Waals surface area contributed by atoms with E-state index in [2.05, 4.69) is 47.1 Å². The molecule has 2 aromatic heterocycles. The topological polar surface area (TPSA) is 32.3 Å². The van der Waals surface area contributed by atoms with E-state index in [4.69, 9.17) is 9.97 Å². The molecule has 1 aliphatic heterocycles. The van der Waals surface area contributed by atoms with Crippen LogP contribution in [0.15, 0.2) is 40.3 Å². The summed E-state index contributed by atoms with van der Waals surface area (Å²) in [7, 11) is 0. The van der Waals surface area contributed by atoms with Gasteiger partial charge in [-0.1, -0.05) is 36.9 Å². The molecule has 1 aromatic carbocycles. The molecule has 1 aliphatic carbocycles. The second-order valence-electron chi connectivity index (χ2n) is 8.28. The van der Waals surface area contributed by atoms with Crippen molar-refractivity contribution in [3.8, 4) is 0 Å². The molecule has 0 atom stereocenters. The molecular formula is C24H30N4S2. The Hall–Kier alpha value is -1.47. The van der Waals surface area contributed by atoms with Crippen LogP contribution in [0.3, 0.4) is 0 Å². The van der Waals surface area contributed by atoms with Crippen LogP contribution in [0, 0.1) is 0 Å². The van der Waals surface area contributed by atoms with Gasteiger partial charge in [0, 0.05) is 54.3 Å². The van der Waals surface area contributed by atoms with E-state index in [1.165, 1.54) is 59.4 Å². The molecule has 30 heavy (non-hydrogen) atoms. The minimum atomic E-state index is 0.937. The SMILES string of the molecule is CCN1CCN(CCc2nc(Sc3ccccc3)c3c4c(sc3n2)CCCC4)CC1. The number of likely N-dealkylation sites (N-methyl/N-ethyl adjacent to an activating group) is 1. The summed E-state index contributed by atoms with van der Waals surface area (Å²) in [6.45, 7) is 9.17. The van der Waals surface area contributed by atoms with Crippen LogP contribution >= 0.6 is 23.1 Å². The predicted molar refractivity (Wildman–Crippen MR) is 127 cm³/mol. The Bertz CT molecular complexity index is 993. The summed E-state index contributed by atoms with van der Waals surface area (Å²) in [5.41, 5.74) is 1.53. The van der Waals surface area contributed by atoms with Gasteiger partial charge in [0.25, 0.3) is 0 Å². The Morgan fingerprint density at radius 2 is 1.73 bits per heavy atom. The Morgan fingerprint density at radius 1 is 0.967 bits per heavy atom. The summed E-state index contributed by atoms with van der Waals surface area (Å²) in [5.74, 6) is 1.01. The van der Waals surface area contributed by atoms with Crippen LogP contribution in [0.25, 0.3) is 10.2 Å². The lowest BCUT2D eigenvalue weighted by Gasteiger charge is -2.33. The lowest BCUT2D eigenvalue weighted by molar-refractivity contribution is 0.138. The van der Waals surface area contributed by atoms with Crippen molar-refractivity contribution in [1.29, 1.82) is 0 Å². The molecule has 0 saturated carbocycles. The normalized spacial score (nSPS) is 18.0. The second-order valence-corrected chi connectivity index (χ2v) is 10.4. The second kappa shape index (κ2) is 9.35. The van der Waals surface area contributed by atoms with Crippen molar-refractivity contribution in [2.45, 2.75) is 48.9 Å².